The highest BCUT2D eigenvalue weighted by atomic mass is 32.2. The third-order valence-corrected chi connectivity index (χ3v) is 5.45. The molecule has 0 bridgehead atoms. The van der Waals surface area contributed by atoms with Gasteiger partial charge in [-0.3, -0.25) is 0 Å². The van der Waals surface area contributed by atoms with Crippen LogP contribution in [-0.4, -0.2) is 21.5 Å². The number of sulfonamides is 1. The highest BCUT2D eigenvalue weighted by Crippen LogP contribution is 2.47. The highest BCUT2D eigenvalue weighted by molar-refractivity contribution is 7.89. The van der Waals surface area contributed by atoms with E-state index in [-0.39, 0.29) is 5.41 Å². The van der Waals surface area contributed by atoms with E-state index >= 15 is 0 Å². The molecule has 1 aromatic rings. The Hall–Kier alpha value is -0.910. The number of benzene rings is 1. The summed E-state index contributed by atoms with van der Waals surface area (Å²) in [5.74, 6) is 0. The quantitative estimate of drug-likeness (QED) is 0.834. The molecule has 0 heterocycles. The van der Waals surface area contributed by atoms with E-state index in [1.807, 2.05) is 26.0 Å². The van der Waals surface area contributed by atoms with Crippen LogP contribution in [0.4, 0.5) is 0 Å². The van der Waals surface area contributed by atoms with Crippen LogP contribution in [-0.2, 0) is 10.0 Å². The van der Waals surface area contributed by atoms with Gasteiger partial charge in [-0.2, -0.15) is 0 Å². The molecule has 1 saturated carbocycles. The fourth-order valence-corrected chi connectivity index (χ4v) is 3.81. The van der Waals surface area contributed by atoms with Gasteiger partial charge in [-0.15, -0.1) is 0 Å². The third-order valence-electron chi connectivity index (χ3n) is 3.89. The molecule has 1 fully saturated rings. The standard InChI is InChI=1S/C14H22N2O2S/c1-11-3-4-13(12(2)9-11)19(17,18)16-10-14(5-6-14)7-8-15/h3-4,9,16H,5-8,10,15H2,1-2H3. The Morgan fingerprint density at radius 3 is 2.53 bits per heavy atom. The van der Waals surface area contributed by atoms with Crippen molar-refractivity contribution in [2.75, 3.05) is 13.1 Å². The second-order valence-corrected chi connectivity index (χ2v) is 7.37. The van der Waals surface area contributed by atoms with Crippen LogP contribution in [0.15, 0.2) is 23.1 Å². The summed E-state index contributed by atoms with van der Waals surface area (Å²) in [6.45, 7) is 4.90. The molecular formula is C14H22N2O2S. The van der Waals surface area contributed by atoms with Gasteiger partial charge in [-0.25, -0.2) is 13.1 Å². The Morgan fingerprint density at radius 1 is 1.32 bits per heavy atom. The Kier molecular flexibility index (Phi) is 3.99. The first-order chi connectivity index (χ1) is 8.88. The van der Waals surface area contributed by atoms with Crippen LogP contribution in [0.3, 0.4) is 0 Å². The van der Waals surface area contributed by atoms with Crippen molar-refractivity contribution in [3.8, 4) is 0 Å². The van der Waals surface area contributed by atoms with Crippen LogP contribution >= 0.6 is 0 Å². The van der Waals surface area contributed by atoms with Crippen molar-refractivity contribution in [1.82, 2.24) is 4.72 Å². The average molecular weight is 282 g/mol. The van der Waals surface area contributed by atoms with Gasteiger partial charge in [0.2, 0.25) is 10.0 Å². The van der Waals surface area contributed by atoms with Crippen LogP contribution < -0.4 is 10.5 Å². The normalized spacial score (nSPS) is 17.4. The Balaban J connectivity index is 2.10. The predicted molar refractivity (Wildman–Crippen MR) is 76.4 cm³/mol. The van der Waals surface area contributed by atoms with Crippen molar-refractivity contribution in [2.24, 2.45) is 11.1 Å². The molecular weight excluding hydrogens is 260 g/mol. The summed E-state index contributed by atoms with van der Waals surface area (Å²) in [6, 6.07) is 5.39. The van der Waals surface area contributed by atoms with Gasteiger partial charge in [-0.1, -0.05) is 17.7 Å². The summed E-state index contributed by atoms with van der Waals surface area (Å²) < 4.78 is 27.3. The van der Waals surface area contributed by atoms with Gasteiger partial charge >= 0.3 is 0 Å². The lowest BCUT2D eigenvalue weighted by molar-refractivity contribution is 0.461. The van der Waals surface area contributed by atoms with Gasteiger partial charge in [0.1, 0.15) is 0 Å². The van der Waals surface area contributed by atoms with E-state index in [1.54, 1.807) is 6.07 Å². The molecule has 0 spiro atoms. The van der Waals surface area contributed by atoms with E-state index < -0.39 is 10.0 Å². The van der Waals surface area contributed by atoms with Crippen molar-refractivity contribution in [1.29, 1.82) is 0 Å². The molecule has 0 atom stereocenters. The number of rotatable bonds is 6. The molecule has 1 aliphatic carbocycles. The first kappa shape index (κ1) is 14.5. The average Bonchev–Trinajstić information content (AvgIpc) is 3.07. The van der Waals surface area contributed by atoms with Gasteiger partial charge in [-0.05, 0) is 56.7 Å². The van der Waals surface area contributed by atoms with Crippen LogP contribution in [0.5, 0.6) is 0 Å². The summed E-state index contributed by atoms with van der Waals surface area (Å²) in [5.41, 5.74) is 7.54. The van der Waals surface area contributed by atoms with Crippen molar-refractivity contribution in [2.45, 2.75) is 38.0 Å². The summed E-state index contributed by atoms with van der Waals surface area (Å²) in [5, 5.41) is 0. The Labute approximate surface area is 115 Å². The summed E-state index contributed by atoms with van der Waals surface area (Å²) in [4.78, 5) is 0.377. The summed E-state index contributed by atoms with van der Waals surface area (Å²) in [7, 11) is -3.41. The molecule has 5 heteroatoms. The molecule has 0 saturated heterocycles. The smallest absolute Gasteiger partial charge is 0.240 e. The SMILES string of the molecule is Cc1ccc(S(=O)(=O)NCC2(CCN)CC2)c(C)c1. The first-order valence-electron chi connectivity index (χ1n) is 6.66. The van der Waals surface area contributed by atoms with Gasteiger partial charge in [0, 0.05) is 6.54 Å². The van der Waals surface area contributed by atoms with Gasteiger partial charge < -0.3 is 5.73 Å². The van der Waals surface area contributed by atoms with Crippen LogP contribution in [0, 0.1) is 19.3 Å². The van der Waals surface area contributed by atoms with E-state index in [4.69, 9.17) is 5.73 Å². The van der Waals surface area contributed by atoms with Crippen molar-refractivity contribution in [3.05, 3.63) is 29.3 Å². The fraction of sp³-hybridized carbons (Fsp3) is 0.571. The zero-order valence-corrected chi connectivity index (χ0v) is 12.4. The third kappa shape index (κ3) is 3.35. The van der Waals surface area contributed by atoms with Crippen LogP contribution in [0.1, 0.15) is 30.4 Å². The topological polar surface area (TPSA) is 72.2 Å². The van der Waals surface area contributed by atoms with E-state index in [0.29, 0.717) is 18.0 Å². The molecule has 1 aliphatic rings. The molecule has 0 aliphatic heterocycles. The minimum absolute atomic E-state index is 0.112. The van der Waals surface area contributed by atoms with Crippen molar-refractivity contribution >= 4 is 10.0 Å². The summed E-state index contributed by atoms with van der Waals surface area (Å²) in [6.07, 6.45) is 3.03. The van der Waals surface area contributed by atoms with Gasteiger partial charge in [0.15, 0.2) is 0 Å². The van der Waals surface area contributed by atoms with E-state index in [9.17, 15) is 8.42 Å². The van der Waals surface area contributed by atoms with E-state index in [0.717, 1.165) is 30.4 Å². The first-order valence-corrected chi connectivity index (χ1v) is 8.14. The van der Waals surface area contributed by atoms with E-state index in [2.05, 4.69) is 4.72 Å². The zero-order chi connectivity index (χ0) is 14.1. The minimum Gasteiger partial charge on any atom is -0.330 e. The maximum Gasteiger partial charge on any atom is 0.240 e. The maximum absolute atomic E-state index is 12.3. The lowest BCUT2D eigenvalue weighted by Gasteiger charge is -2.16. The van der Waals surface area contributed by atoms with Crippen LogP contribution in [0.25, 0.3) is 0 Å². The lowest BCUT2D eigenvalue weighted by Crippen LogP contribution is -2.31. The molecule has 1 aromatic carbocycles. The largest absolute Gasteiger partial charge is 0.330 e. The fourth-order valence-electron chi connectivity index (χ4n) is 2.42. The number of nitrogens with one attached hydrogen (secondary N) is 1. The van der Waals surface area contributed by atoms with E-state index in [1.165, 1.54) is 0 Å². The minimum atomic E-state index is -3.41. The van der Waals surface area contributed by atoms with Crippen molar-refractivity contribution in [3.63, 3.8) is 0 Å². The molecule has 0 unspecified atom stereocenters. The second-order valence-electron chi connectivity index (χ2n) is 5.63. The summed E-state index contributed by atoms with van der Waals surface area (Å²) >= 11 is 0. The molecule has 4 nitrogen and oxygen atoms in total. The lowest BCUT2D eigenvalue weighted by atomic mass is 10.0. The maximum atomic E-state index is 12.3. The highest BCUT2D eigenvalue weighted by Gasteiger charge is 2.42. The second kappa shape index (κ2) is 5.23. The van der Waals surface area contributed by atoms with Crippen molar-refractivity contribution < 1.29 is 8.42 Å². The zero-order valence-electron chi connectivity index (χ0n) is 11.6. The molecule has 19 heavy (non-hydrogen) atoms. The number of hydrogen-bond acceptors (Lipinski definition) is 3. The number of nitrogens with two attached hydrogens (primary N) is 1. The predicted octanol–water partition coefficient (Wildman–Crippen LogP) is 1.71. The molecule has 2 rings (SSSR count). The number of aryl methyl sites for hydroxylation is 2. The van der Waals surface area contributed by atoms with Crippen LogP contribution in [0.2, 0.25) is 0 Å². The Morgan fingerprint density at radius 2 is 2.00 bits per heavy atom. The van der Waals surface area contributed by atoms with Gasteiger partial charge in [0.05, 0.1) is 4.90 Å². The number of hydrogen-bond donors (Lipinski definition) is 2. The molecule has 0 amide bonds. The van der Waals surface area contributed by atoms with Gasteiger partial charge in [0.25, 0.3) is 0 Å². The molecule has 106 valence electrons. The molecule has 0 aromatic heterocycles. The molecule has 0 radical (unpaired) electrons. The Bertz CT molecular complexity index is 563. The monoisotopic (exact) mass is 282 g/mol. The molecule has 3 N–H and O–H groups in total.